The molecule has 1 fully saturated rings. The van der Waals surface area contributed by atoms with Gasteiger partial charge >= 0.3 is 11.9 Å². The van der Waals surface area contributed by atoms with Crippen molar-refractivity contribution < 1.29 is 27.5 Å². The number of carbonyl (C=O) groups is 2. The van der Waals surface area contributed by atoms with Gasteiger partial charge in [-0.2, -0.15) is 0 Å². The van der Waals surface area contributed by atoms with Gasteiger partial charge in [0, 0.05) is 16.3 Å². The number of esters is 2. The van der Waals surface area contributed by atoms with Crippen molar-refractivity contribution in [1.82, 2.24) is 9.80 Å². The molecular weight excluding hydrogens is 619 g/mol. The van der Waals surface area contributed by atoms with Crippen molar-refractivity contribution in [2.45, 2.75) is 50.5 Å². The Morgan fingerprint density at radius 2 is 1.50 bits per heavy atom. The predicted octanol–water partition coefficient (Wildman–Crippen LogP) is 5.97. The number of para-hydroxylation sites is 1. The third-order valence-corrected chi connectivity index (χ3v) is 10.6. The van der Waals surface area contributed by atoms with Gasteiger partial charge in [-0.1, -0.05) is 48.0 Å². The fourth-order valence-corrected chi connectivity index (χ4v) is 8.33. The van der Waals surface area contributed by atoms with Gasteiger partial charge in [-0.05, 0) is 67.4 Å². The van der Waals surface area contributed by atoms with Gasteiger partial charge in [0.05, 0.1) is 36.4 Å². The number of rotatable bonds is 12. The molecule has 0 saturated carbocycles. The van der Waals surface area contributed by atoms with Crippen LogP contribution in [0.3, 0.4) is 0 Å². The van der Waals surface area contributed by atoms with E-state index in [9.17, 15) is 18.0 Å². The van der Waals surface area contributed by atoms with Gasteiger partial charge in [-0.3, -0.25) is 24.1 Å². The van der Waals surface area contributed by atoms with E-state index in [0.29, 0.717) is 11.3 Å². The number of hydrogen-bond donors (Lipinski definition) is 1. The van der Waals surface area contributed by atoms with E-state index in [0.717, 1.165) is 15.3 Å². The molecule has 5 rings (SSSR count). The molecule has 1 aliphatic heterocycles. The summed E-state index contributed by atoms with van der Waals surface area (Å²) in [7, 11) is -3.89. The van der Waals surface area contributed by atoms with Crippen molar-refractivity contribution in [2.75, 3.05) is 24.5 Å². The van der Waals surface area contributed by atoms with Crippen LogP contribution in [0.1, 0.15) is 46.9 Å². The molecule has 2 aromatic heterocycles. The first-order valence-electron chi connectivity index (χ1n) is 14.3. The Morgan fingerprint density at radius 1 is 0.841 bits per heavy atom. The fraction of sp³-hybridized carbons (Fsp3) is 0.312. The minimum Gasteiger partial charge on any atom is -0.465 e. The number of nitrogens with one attached hydrogen (secondary N) is 1. The molecule has 1 saturated heterocycles. The summed E-state index contributed by atoms with van der Waals surface area (Å²) in [6.45, 7) is 5.99. The van der Waals surface area contributed by atoms with Crippen LogP contribution in [0.5, 0.6) is 0 Å². The summed E-state index contributed by atoms with van der Waals surface area (Å²) in [5.41, 5.74) is 2.02. The maximum Gasteiger partial charge on any atom is 0.325 e. The lowest BCUT2D eigenvalue weighted by atomic mass is 10.1. The molecule has 44 heavy (non-hydrogen) atoms. The van der Waals surface area contributed by atoms with Gasteiger partial charge < -0.3 is 9.47 Å². The van der Waals surface area contributed by atoms with E-state index in [-0.39, 0.29) is 31.2 Å². The molecule has 9 nitrogen and oxygen atoms in total. The van der Waals surface area contributed by atoms with Crippen molar-refractivity contribution in [3.63, 3.8) is 0 Å². The van der Waals surface area contributed by atoms with Crippen LogP contribution in [-0.2, 0) is 35.6 Å². The molecular formula is C32H35N3O6S3. The molecule has 1 N–H and O–H groups in total. The topological polar surface area (TPSA) is 105 Å². The Kier molecular flexibility index (Phi) is 10.2. The zero-order valence-electron chi connectivity index (χ0n) is 24.7. The van der Waals surface area contributed by atoms with E-state index in [4.69, 9.17) is 9.47 Å². The van der Waals surface area contributed by atoms with E-state index in [2.05, 4.69) is 4.72 Å². The van der Waals surface area contributed by atoms with Crippen LogP contribution in [0.4, 0.5) is 5.69 Å². The van der Waals surface area contributed by atoms with E-state index in [1.165, 1.54) is 22.7 Å². The molecule has 3 atom stereocenters. The molecule has 0 unspecified atom stereocenters. The molecule has 2 aromatic carbocycles. The zero-order chi connectivity index (χ0) is 31.3. The third kappa shape index (κ3) is 6.89. The van der Waals surface area contributed by atoms with Gasteiger partial charge in [0.1, 0.15) is 12.2 Å². The van der Waals surface area contributed by atoms with Crippen LogP contribution in [0, 0.1) is 6.92 Å². The van der Waals surface area contributed by atoms with Crippen molar-refractivity contribution >= 4 is 50.3 Å². The van der Waals surface area contributed by atoms with E-state index in [1.54, 1.807) is 50.2 Å². The summed E-state index contributed by atoms with van der Waals surface area (Å²) in [6.07, 6.45) is -0.498. The Balaban J connectivity index is 1.60. The lowest BCUT2D eigenvalue weighted by Gasteiger charge is -2.31. The van der Waals surface area contributed by atoms with Gasteiger partial charge in [-0.25, -0.2) is 8.42 Å². The predicted molar refractivity (Wildman–Crippen MR) is 172 cm³/mol. The van der Waals surface area contributed by atoms with Crippen LogP contribution in [-0.4, -0.2) is 56.0 Å². The Morgan fingerprint density at radius 3 is 2.14 bits per heavy atom. The average molecular weight is 654 g/mol. The highest BCUT2D eigenvalue weighted by Crippen LogP contribution is 2.48. The Hall–Kier alpha value is -3.55. The molecule has 3 heterocycles. The van der Waals surface area contributed by atoms with Gasteiger partial charge in [0.25, 0.3) is 10.0 Å². The first-order valence-corrected chi connectivity index (χ1v) is 17.6. The highest BCUT2D eigenvalue weighted by atomic mass is 32.2. The molecule has 0 radical (unpaired) electrons. The summed E-state index contributed by atoms with van der Waals surface area (Å²) in [5, 5.41) is 3.90. The molecule has 0 amide bonds. The van der Waals surface area contributed by atoms with Crippen LogP contribution in [0.15, 0.2) is 88.5 Å². The molecule has 232 valence electrons. The maximum atomic E-state index is 13.8. The van der Waals surface area contributed by atoms with E-state index < -0.39 is 40.2 Å². The molecule has 12 heteroatoms. The number of hydrogen-bond acceptors (Lipinski definition) is 10. The van der Waals surface area contributed by atoms with E-state index >= 15 is 0 Å². The molecule has 0 aliphatic carbocycles. The number of aryl methyl sites for hydroxylation is 1. The maximum absolute atomic E-state index is 13.8. The summed E-state index contributed by atoms with van der Waals surface area (Å²) >= 11 is 3.03. The van der Waals surface area contributed by atoms with Gasteiger partial charge in [0.2, 0.25) is 0 Å². The monoisotopic (exact) mass is 653 g/mol. The highest BCUT2D eigenvalue weighted by Gasteiger charge is 2.53. The average Bonchev–Trinajstić information content (AvgIpc) is 3.76. The second kappa shape index (κ2) is 14.0. The number of ether oxygens (including phenoxy) is 2. The highest BCUT2D eigenvalue weighted by molar-refractivity contribution is 7.92. The molecule has 4 aromatic rings. The SMILES string of the molecule is CCOC(=O)CN1[C@H](c2cccs2)N(Cc2ccccc2NS(=O)(=O)c2ccc(C)cc2)[C@H](C(=O)OCC)[C@@H]1c1cccs1. The van der Waals surface area contributed by atoms with Crippen LogP contribution >= 0.6 is 22.7 Å². The number of carbonyl (C=O) groups excluding carboxylic acids is 2. The smallest absolute Gasteiger partial charge is 0.325 e. The normalized spacial score (nSPS) is 19.1. The van der Waals surface area contributed by atoms with Crippen molar-refractivity contribution in [3.05, 3.63) is 104 Å². The zero-order valence-corrected chi connectivity index (χ0v) is 27.2. The standard InChI is InChI=1S/C32H35N3O6S3/c1-4-40-28(36)21-35-29(26-12-8-18-42-26)30(32(37)41-5-2)34(31(35)27-13-9-19-43-27)20-23-10-6-7-11-25(23)33-44(38,39)24-16-14-22(3)15-17-24/h6-19,29-31,33H,4-5,20-21H2,1-3H3/t29-,30-,31+/m0/s1. The number of thiophene rings is 2. The largest absolute Gasteiger partial charge is 0.465 e. The molecule has 1 aliphatic rings. The van der Waals surface area contributed by atoms with Crippen molar-refractivity contribution in [2.24, 2.45) is 0 Å². The van der Waals surface area contributed by atoms with Gasteiger partial charge in [-0.15, -0.1) is 22.7 Å². The molecule has 0 bridgehead atoms. The van der Waals surface area contributed by atoms with Crippen LogP contribution in [0.25, 0.3) is 0 Å². The first kappa shape index (κ1) is 31.9. The Labute approximate surface area is 266 Å². The molecule has 0 spiro atoms. The second-order valence-corrected chi connectivity index (χ2v) is 13.9. The minimum atomic E-state index is -3.89. The number of sulfonamides is 1. The number of anilines is 1. The van der Waals surface area contributed by atoms with Crippen LogP contribution in [0.2, 0.25) is 0 Å². The van der Waals surface area contributed by atoms with Gasteiger partial charge in [0.15, 0.2) is 0 Å². The van der Waals surface area contributed by atoms with Crippen molar-refractivity contribution in [1.29, 1.82) is 0 Å². The number of benzene rings is 2. The summed E-state index contributed by atoms with van der Waals surface area (Å²) < 4.78 is 40.6. The second-order valence-electron chi connectivity index (χ2n) is 10.3. The summed E-state index contributed by atoms with van der Waals surface area (Å²) in [5.74, 6) is -0.817. The van der Waals surface area contributed by atoms with E-state index in [1.807, 2.05) is 63.9 Å². The van der Waals surface area contributed by atoms with Crippen molar-refractivity contribution in [3.8, 4) is 0 Å². The minimum absolute atomic E-state index is 0.0485. The van der Waals surface area contributed by atoms with Crippen LogP contribution < -0.4 is 4.72 Å². The first-order chi connectivity index (χ1) is 21.2. The summed E-state index contributed by atoms with van der Waals surface area (Å²) in [6, 6.07) is 20.3. The lowest BCUT2D eigenvalue weighted by Crippen LogP contribution is -2.40. The quantitative estimate of drug-likeness (QED) is 0.187. The summed E-state index contributed by atoms with van der Waals surface area (Å²) in [4.78, 5) is 32.8. The Bertz CT molecular complexity index is 1660. The number of nitrogens with zero attached hydrogens (tertiary/aromatic N) is 2. The fourth-order valence-electron chi connectivity index (χ4n) is 5.49. The lowest BCUT2D eigenvalue weighted by molar-refractivity contribution is -0.150. The third-order valence-electron chi connectivity index (χ3n) is 7.37.